The molecule has 0 saturated carbocycles. The van der Waals surface area contributed by atoms with Crippen LogP contribution in [-0.4, -0.2) is 23.6 Å². The fourth-order valence-corrected chi connectivity index (χ4v) is 4.01. The molecule has 1 N–H and O–H groups in total. The molecule has 0 radical (unpaired) electrons. The quantitative estimate of drug-likeness (QED) is 0.682. The number of alkyl halides is 3. The van der Waals surface area contributed by atoms with Crippen LogP contribution in [-0.2, 0) is 15.8 Å². The molecule has 4 nitrogen and oxygen atoms in total. The second-order valence-corrected chi connectivity index (χ2v) is 7.77. The maximum atomic E-state index is 13.0. The lowest BCUT2D eigenvalue weighted by molar-refractivity contribution is -0.137. The summed E-state index contributed by atoms with van der Waals surface area (Å²) in [6.45, 7) is 1.76. The van der Waals surface area contributed by atoms with Gasteiger partial charge < -0.3 is 10.2 Å². The fraction of sp³-hybridized carbons (Fsp3) is 0.263. The lowest BCUT2D eigenvalue weighted by Gasteiger charge is -2.27. The molecular weight excluding hydrogens is 413 g/mol. The zero-order valence-corrected chi connectivity index (χ0v) is 16.3. The van der Waals surface area contributed by atoms with Crippen LogP contribution < -0.4 is 10.2 Å². The van der Waals surface area contributed by atoms with E-state index in [2.05, 4.69) is 5.32 Å². The normalized spacial score (nSPS) is 17.0. The number of nitrogens with zero attached hydrogens (tertiary/aromatic N) is 1. The second kappa shape index (κ2) is 8.05. The first-order valence-electron chi connectivity index (χ1n) is 8.37. The number of nitrogens with one attached hydrogen (secondary N) is 1. The Morgan fingerprint density at radius 2 is 2.00 bits per heavy atom. The minimum Gasteiger partial charge on any atom is -0.324 e. The number of hydrogen-bond donors (Lipinski definition) is 1. The van der Waals surface area contributed by atoms with Gasteiger partial charge in [0.2, 0.25) is 11.8 Å². The number of carbonyl (C=O) groups is 2. The Morgan fingerprint density at radius 3 is 2.71 bits per heavy atom. The lowest BCUT2D eigenvalue weighted by Crippen LogP contribution is -2.40. The zero-order chi connectivity index (χ0) is 20.5. The number of amides is 2. The van der Waals surface area contributed by atoms with E-state index >= 15 is 0 Å². The average molecular weight is 429 g/mol. The summed E-state index contributed by atoms with van der Waals surface area (Å²) in [5, 5.41) is 2.38. The predicted octanol–water partition coefficient (Wildman–Crippen LogP) is 5.21. The first kappa shape index (κ1) is 20.5. The summed E-state index contributed by atoms with van der Waals surface area (Å²) in [5.74, 6) is -0.577. The van der Waals surface area contributed by atoms with Crippen LogP contribution in [0.25, 0.3) is 0 Å². The van der Waals surface area contributed by atoms with E-state index in [0.717, 1.165) is 17.8 Å². The highest BCUT2D eigenvalue weighted by atomic mass is 35.5. The molecule has 1 aliphatic rings. The maximum absolute atomic E-state index is 13.0. The summed E-state index contributed by atoms with van der Waals surface area (Å²) in [6.07, 6.45) is -4.44. The van der Waals surface area contributed by atoms with Gasteiger partial charge in [-0.3, -0.25) is 9.59 Å². The standard InChI is InChI=1S/C19H16ClF3N2O2S/c1-11-8-17(26)24-15-4-2-3-5-16(15)25(11)18(27)10-28-12-6-7-14(20)13(9-12)19(21,22)23/h2-7,9,11H,8,10H2,1H3,(H,24,26)/t11-/m1/s1. The molecule has 2 amide bonds. The highest BCUT2D eigenvalue weighted by Crippen LogP contribution is 2.37. The Balaban J connectivity index is 1.81. The van der Waals surface area contributed by atoms with Crippen LogP contribution in [0.2, 0.25) is 5.02 Å². The van der Waals surface area contributed by atoms with Gasteiger partial charge in [0.15, 0.2) is 0 Å². The van der Waals surface area contributed by atoms with Gasteiger partial charge in [-0.25, -0.2) is 0 Å². The van der Waals surface area contributed by atoms with E-state index in [-0.39, 0.29) is 39.9 Å². The van der Waals surface area contributed by atoms with Crippen LogP contribution in [0.1, 0.15) is 18.9 Å². The van der Waals surface area contributed by atoms with E-state index < -0.39 is 11.7 Å². The van der Waals surface area contributed by atoms with Crippen molar-refractivity contribution >= 4 is 46.6 Å². The average Bonchev–Trinajstić information content (AvgIpc) is 2.74. The van der Waals surface area contributed by atoms with Crippen LogP contribution in [0.15, 0.2) is 47.4 Å². The van der Waals surface area contributed by atoms with Gasteiger partial charge >= 0.3 is 6.18 Å². The predicted molar refractivity (Wildman–Crippen MR) is 104 cm³/mol. The second-order valence-electron chi connectivity index (χ2n) is 6.31. The number of halogens is 4. The van der Waals surface area contributed by atoms with Crippen LogP contribution in [0.4, 0.5) is 24.5 Å². The van der Waals surface area contributed by atoms with Gasteiger partial charge in [0, 0.05) is 17.4 Å². The third-order valence-corrected chi connectivity index (χ3v) is 5.54. The van der Waals surface area contributed by atoms with Gasteiger partial charge in [0.1, 0.15) is 0 Å². The first-order valence-corrected chi connectivity index (χ1v) is 9.73. The monoisotopic (exact) mass is 428 g/mol. The van der Waals surface area contributed by atoms with Crippen LogP contribution >= 0.6 is 23.4 Å². The summed E-state index contributed by atoms with van der Waals surface area (Å²) < 4.78 is 39.0. The molecule has 0 aliphatic carbocycles. The summed E-state index contributed by atoms with van der Waals surface area (Å²) in [7, 11) is 0. The minimum absolute atomic E-state index is 0.0776. The molecule has 0 spiro atoms. The van der Waals surface area contributed by atoms with Crippen LogP contribution in [0.3, 0.4) is 0 Å². The molecule has 148 valence electrons. The van der Waals surface area contributed by atoms with Gasteiger partial charge in [0.25, 0.3) is 0 Å². The highest BCUT2D eigenvalue weighted by molar-refractivity contribution is 8.00. The topological polar surface area (TPSA) is 49.4 Å². The van der Waals surface area contributed by atoms with Crippen molar-refractivity contribution in [2.24, 2.45) is 0 Å². The van der Waals surface area contributed by atoms with Crippen molar-refractivity contribution in [2.75, 3.05) is 16.0 Å². The van der Waals surface area contributed by atoms with Crippen molar-refractivity contribution < 1.29 is 22.8 Å². The number of carbonyl (C=O) groups excluding carboxylic acids is 2. The van der Waals surface area contributed by atoms with E-state index in [9.17, 15) is 22.8 Å². The number of para-hydroxylation sites is 2. The molecule has 1 heterocycles. The Hall–Kier alpha value is -2.19. The SMILES string of the molecule is C[C@@H]1CC(=O)Nc2ccccc2N1C(=O)CSc1ccc(Cl)c(C(F)(F)F)c1. The molecule has 0 saturated heterocycles. The molecule has 1 atom stereocenters. The molecule has 9 heteroatoms. The molecule has 2 aromatic rings. The number of benzene rings is 2. The van der Waals surface area contributed by atoms with Crippen molar-refractivity contribution in [3.63, 3.8) is 0 Å². The van der Waals surface area contributed by atoms with Gasteiger partial charge in [-0.05, 0) is 37.3 Å². The molecule has 0 bridgehead atoms. The first-order chi connectivity index (χ1) is 13.2. The van der Waals surface area contributed by atoms with E-state index in [1.807, 2.05) is 0 Å². The lowest BCUT2D eigenvalue weighted by atomic mass is 10.2. The van der Waals surface area contributed by atoms with Crippen molar-refractivity contribution in [3.05, 3.63) is 53.1 Å². The summed E-state index contributed by atoms with van der Waals surface area (Å²) >= 11 is 6.62. The van der Waals surface area contributed by atoms with Gasteiger partial charge in [-0.1, -0.05) is 23.7 Å². The minimum atomic E-state index is -4.57. The Kier molecular flexibility index (Phi) is 5.90. The fourth-order valence-electron chi connectivity index (χ4n) is 2.99. The molecule has 2 aromatic carbocycles. The molecule has 0 unspecified atom stereocenters. The summed E-state index contributed by atoms with van der Waals surface area (Å²) in [6, 6.07) is 10.1. The molecular formula is C19H16ClF3N2O2S. The maximum Gasteiger partial charge on any atom is 0.417 e. The Labute approximate surface area is 169 Å². The molecule has 28 heavy (non-hydrogen) atoms. The number of fused-ring (bicyclic) bond motifs is 1. The van der Waals surface area contributed by atoms with E-state index in [0.29, 0.717) is 11.4 Å². The van der Waals surface area contributed by atoms with E-state index in [4.69, 9.17) is 11.6 Å². The number of thioether (sulfide) groups is 1. The largest absolute Gasteiger partial charge is 0.417 e. The summed E-state index contributed by atoms with van der Waals surface area (Å²) in [4.78, 5) is 26.7. The van der Waals surface area contributed by atoms with Crippen molar-refractivity contribution in [1.29, 1.82) is 0 Å². The van der Waals surface area contributed by atoms with E-state index in [1.54, 1.807) is 31.2 Å². The molecule has 3 rings (SSSR count). The zero-order valence-electron chi connectivity index (χ0n) is 14.7. The van der Waals surface area contributed by atoms with Crippen LogP contribution in [0.5, 0.6) is 0 Å². The molecule has 0 fully saturated rings. The highest BCUT2D eigenvalue weighted by Gasteiger charge is 2.34. The number of rotatable bonds is 3. The number of hydrogen-bond acceptors (Lipinski definition) is 3. The van der Waals surface area contributed by atoms with Crippen molar-refractivity contribution in [3.8, 4) is 0 Å². The van der Waals surface area contributed by atoms with Crippen molar-refractivity contribution in [2.45, 2.75) is 30.5 Å². The van der Waals surface area contributed by atoms with Gasteiger partial charge in [-0.15, -0.1) is 11.8 Å². The van der Waals surface area contributed by atoms with E-state index in [1.165, 1.54) is 17.0 Å². The Morgan fingerprint density at radius 1 is 1.29 bits per heavy atom. The third-order valence-electron chi connectivity index (χ3n) is 4.23. The van der Waals surface area contributed by atoms with Gasteiger partial charge in [0.05, 0.1) is 27.7 Å². The van der Waals surface area contributed by atoms with Crippen LogP contribution in [0, 0.1) is 0 Å². The third kappa shape index (κ3) is 4.44. The van der Waals surface area contributed by atoms with Gasteiger partial charge in [-0.2, -0.15) is 13.2 Å². The smallest absolute Gasteiger partial charge is 0.324 e. The summed E-state index contributed by atoms with van der Waals surface area (Å²) in [5.41, 5.74) is 0.162. The number of anilines is 2. The van der Waals surface area contributed by atoms with Crippen molar-refractivity contribution in [1.82, 2.24) is 0 Å². The molecule has 0 aromatic heterocycles. The molecule has 1 aliphatic heterocycles. The Bertz CT molecular complexity index is 920.